The zero-order valence-corrected chi connectivity index (χ0v) is 20.5. The molecule has 3 atom stereocenters. The third-order valence-electron chi connectivity index (χ3n) is 6.12. The molecule has 180 valence electrons. The Bertz CT molecular complexity index is 1140. The van der Waals surface area contributed by atoms with Gasteiger partial charge in [-0.25, -0.2) is 0 Å². The summed E-state index contributed by atoms with van der Waals surface area (Å²) in [5.74, 6) is -0.660. The minimum atomic E-state index is -1.13. The van der Waals surface area contributed by atoms with E-state index in [2.05, 4.69) is 10.6 Å². The molecule has 3 aromatic carbocycles. The minimum absolute atomic E-state index is 0.136. The SMILES string of the molecule is Cc1ccccc1C(=O)N[C@@H](CC(C)C)C(=O)N[C@@H](C(C)C)[C@@H](O)c1c(-c2ccccc2)c1=O. The summed E-state index contributed by atoms with van der Waals surface area (Å²) in [5.41, 5.74) is 2.79. The molecule has 0 aliphatic heterocycles. The number of carbonyl (C=O) groups excluding carboxylic acids is 2. The topological polar surface area (TPSA) is 95.5 Å². The number of rotatable bonds is 10. The molecule has 0 aromatic heterocycles. The monoisotopic (exact) mass is 462 g/mol. The number of hydrogen-bond donors (Lipinski definition) is 3. The lowest BCUT2D eigenvalue weighted by Crippen LogP contribution is -2.52. The van der Waals surface area contributed by atoms with Crippen LogP contribution in [0.15, 0.2) is 59.4 Å². The number of aliphatic hydroxyl groups excluding tert-OH is 1. The number of hydrogen-bond acceptors (Lipinski definition) is 4. The maximum Gasteiger partial charge on any atom is 0.252 e. The van der Waals surface area contributed by atoms with Crippen molar-refractivity contribution in [2.24, 2.45) is 11.8 Å². The van der Waals surface area contributed by atoms with E-state index in [0.29, 0.717) is 23.1 Å². The van der Waals surface area contributed by atoms with Gasteiger partial charge in [-0.2, -0.15) is 0 Å². The standard InChI is InChI=1S/C28H34N2O4/c1-16(2)15-21(29-27(33)20-14-10-9-11-18(20)5)28(34)30-24(17(3)4)26(32)23-22(25(23)31)19-12-7-6-8-13-19/h6-14,16-17,21,24,26,32H,15H2,1-5H3,(H,29,33)(H,30,34)/t21-,24-,26-/m0/s1. The Balaban J connectivity index is 1.77. The van der Waals surface area contributed by atoms with Gasteiger partial charge in [-0.15, -0.1) is 0 Å². The van der Waals surface area contributed by atoms with E-state index in [9.17, 15) is 19.5 Å². The van der Waals surface area contributed by atoms with Crippen LogP contribution >= 0.6 is 0 Å². The summed E-state index contributed by atoms with van der Waals surface area (Å²) < 4.78 is 0. The van der Waals surface area contributed by atoms with Crippen molar-refractivity contribution >= 4 is 11.8 Å². The fourth-order valence-corrected chi connectivity index (χ4v) is 4.18. The van der Waals surface area contributed by atoms with Crippen molar-refractivity contribution in [1.82, 2.24) is 10.6 Å². The van der Waals surface area contributed by atoms with Crippen LogP contribution in [-0.4, -0.2) is 29.0 Å². The zero-order valence-electron chi connectivity index (χ0n) is 20.5. The molecular weight excluding hydrogens is 428 g/mol. The average molecular weight is 463 g/mol. The van der Waals surface area contributed by atoms with E-state index in [0.717, 1.165) is 11.1 Å². The zero-order chi connectivity index (χ0) is 25.0. The van der Waals surface area contributed by atoms with Crippen molar-refractivity contribution < 1.29 is 14.7 Å². The number of aryl methyl sites for hydroxylation is 1. The van der Waals surface area contributed by atoms with Gasteiger partial charge in [0, 0.05) is 16.7 Å². The lowest BCUT2D eigenvalue weighted by molar-refractivity contribution is -0.125. The van der Waals surface area contributed by atoms with E-state index >= 15 is 0 Å². The Morgan fingerprint density at radius 1 is 0.912 bits per heavy atom. The summed E-state index contributed by atoms with van der Waals surface area (Å²) in [7, 11) is 0. The van der Waals surface area contributed by atoms with E-state index in [1.54, 1.807) is 12.1 Å². The van der Waals surface area contributed by atoms with Crippen molar-refractivity contribution in [3.8, 4) is 11.1 Å². The van der Waals surface area contributed by atoms with Gasteiger partial charge in [0.05, 0.1) is 6.04 Å². The maximum absolute atomic E-state index is 13.3. The molecule has 6 heteroatoms. The quantitative estimate of drug-likeness (QED) is 0.426. The van der Waals surface area contributed by atoms with Gasteiger partial charge in [0.2, 0.25) is 5.91 Å². The predicted octanol–water partition coefficient (Wildman–Crippen LogP) is 3.92. The van der Waals surface area contributed by atoms with E-state index in [1.165, 1.54) is 0 Å². The van der Waals surface area contributed by atoms with Crippen LogP contribution in [0.4, 0.5) is 0 Å². The molecule has 3 rings (SSSR count). The highest BCUT2D eigenvalue weighted by molar-refractivity contribution is 5.98. The van der Waals surface area contributed by atoms with Crippen LogP contribution in [0.25, 0.3) is 11.1 Å². The molecule has 0 radical (unpaired) electrons. The Morgan fingerprint density at radius 3 is 2.12 bits per heavy atom. The van der Waals surface area contributed by atoms with Crippen LogP contribution in [0.2, 0.25) is 0 Å². The molecule has 0 saturated heterocycles. The van der Waals surface area contributed by atoms with Crippen molar-refractivity contribution in [1.29, 1.82) is 0 Å². The van der Waals surface area contributed by atoms with Crippen LogP contribution < -0.4 is 16.1 Å². The molecule has 0 unspecified atom stereocenters. The first-order chi connectivity index (χ1) is 16.1. The van der Waals surface area contributed by atoms with Crippen LogP contribution in [0, 0.1) is 18.8 Å². The first kappa shape index (κ1) is 25.4. The maximum atomic E-state index is 13.3. The molecule has 0 heterocycles. The summed E-state index contributed by atoms with van der Waals surface area (Å²) in [6.45, 7) is 9.58. The largest absolute Gasteiger partial charge is 0.386 e. The normalized spacial score (nSPS) is 14.2. The van der Waals surface area contributed by atoms with Gasteiger partial charge in [0.15, 0.2) is 5.43 Å². The fourth-order valence-electron chi connectivity index (χ4n) is 4.18. The molecule has 0 aliphatic carbocycles. The lowest BCUT2D eigenvalue weighted by atomic mass is 9.94. The van der Waals surface area contributed by atoms with Crippen LogP contribution in [0.1, 0.15) is 61.7 Å². The van der Waals surface area contributed by atoms with Gasteiger partial charge < -0.3 is 15.7 Å². The summed E-state index contributed by atoms with van der Waals surface area (Å²) in [4.78, 5) is 38.7. The van der Waals surface area contributed by atoms with Gasteiger partial charge in [-0.3, -0.25) is 14.4 Å². The van der Waals surface area contributed by atoms with E-state index in [-0.39, 0.29) is 29.1 Å². The second kappa shape index (κ2) is 10.8. The summed E-state index contributed by atoms with van der Waals surface area (Å²) in [6.07, 6.45) is -0.681. The number of benzene rings is 2. The van der Waals surface area contributed by atoms with Crippen molar-refractivity contribution in [2.45, 2.75) is 59.2 Å². The predicted molar refractivity (Wildman–Crippen MR) is 134 cm³/mol. The second-order valence-corrected chi connectivity index (χ2v) is 9.68. The highest BCUT2D eigenvalue weighted by atomic mass is 16.3. The molecule has 3 N–H and O–H groups in total. The lowest BCUT2D eigenvalue weighted by Gasteiger charge is -2.29. The average Bonchev–Trinajstić information content (AvgIpc) is 3.47. The molecule has 34 heavy (non-hydrogen) atoms. The number of amides is 2. The number of carbonyl (C=O) groups is 2. The third kappa shape index (κ3) is 5.81. The van der Waals surface area contributed by atoms with Gasteiger partial charge >= 0.3 is 0 Å². The molecule has 0 saturated carbocycles. The smallest absolute Gasteiger partial charge is 0.252 e. The van der Waals surface area contributed by atoms with Crippen molar-refractivity contribution in [2.75, 3.05) is 0 Å². The molecule has 3 aromatic rings. The molecule has 0 fully saturated rings. The molecule has 0 aliphatic rings. The Labute approximate surface area is 201 Å². The third-order valence-corrected chi connectivity index (χ3v) is 6.12. The van der Waals surface area contributed by atoms with Gasteiger partial charge in [0.25, 0.3) is 5.91 Å². The Morgan fingerprint density at radius 2 is 1.53 bits per heavy atom. The van der Waals surface area contributed by atoms with Gasteiger partial charge in [-0.1, -0.05) is 76.2 Å². The fraction of sp³-hybridized carbons (Fsp3) is 0.393. The van der Waals surface area contributed by atoms with E-state index < -0.39 is 18.2 Å². The summed E-state index contributed by atoms with van der Waals surface area (Å²) in [6, 6.07) is 15.0. The van der Waals surface area contributed by atoms with Gasteiger partial charge in [0.1, 0.15) is 12.1 Å². The first-order valence-electron chi connectivity index (χ1n) is 11.8. The van der Waals surface area contributed by atoms with E-state index in [4.69, 9.17) is 0 Å². The molecule has 0 spiro atoms. The highest BCUT2D eigenvalue weighted by Crippen LogP contribution is 2.33. The van der Waals surface area contributed by atoms with Crippen LogP contribution in [0.5, 0.6) is 0 Å². The summed E-state index contributed by atoms with van der Waals surface area (Å²) >= 11 is 0. The van der Waals surface area contributed by atoms with Crippen LogP contribution in [-0.2, 0) is 4.79 Å². The minimum Gasteiger partial charge on any atom is -0.386 e. The van der Waals surface area contributed by atoms with Crippen molar-refractivity contribution in [3.63, 3.8) is 0 Å². The Hall–Kier alpha value is -3.25. The van der Waals surface area contributed by atoms with E-state index in [1.807, 2.05) is 77.1 Å². The number of nitrogens with one attached hydrogen (secondary N) is 2. The van der Waals surface area contributed by atoms with Gasteiger partial charge in [-0.05, 0) is 42.4 Å². The molecule has 0 bridgehead atoms. The first-order valence-corrected chi connectivity index (χ1v) is 11.8. The number of aliphatic hydroxyl groups is 1. The highest BCUT2D eigenvalue weighted by Gasteiger charge is 2.37. The second-order valence-electron chi connectivity index (χ2n) is 9.68. The molecule has 2 amide bonds. The summed E-state index contributed by atoms with van der Waals surface area (Å²) in [5, 5.41) is 16.8. The molecule has 6 nitrogen and oxygen atoms in total. The van der Waals surface area contributed by atoms with Crippen molar-refractivity contribution in [3.05, 3.63) is 81.5 Å². The molecular formula is C28H34N2O4. The van der Waals surface area contributed by atoms with Crippen LogP contribution in [0.3, 0.4) is 0 Å². The Kier molecular flexibility index (Phi) is 8.05.